The highest BCUT2D eigenvalue weighted by molar-refractivity contribution is 6.30. The van der Waals surface area contributed by atoms with Crippen molar-refractivity contribution in [2.24, 2.45) is 0 Å². The number of aliphatic hydroxyl groups excluding tert-OH is 1. The predicted octanol–water partition coefficient (Wildman–Crippen LogP) is 3.09. The van der Waals surface area contributed by atoms with Gasteiger partial charge in [0.1, 0.15) is 17.3 Å². The smallest absolute Gasteiger partial charge is 0.143 e. The molecule has 0 saturated carbocycles. The highest BCUT2D eigenvalue weighted by atomic mass is 35.5. The van der Waals surface area contributed by atoms with E-state index >= 15 is 0 Å². The lowest BCUT2D eigenvalue weighted by Gasteiger charge is -2.24. The molecule has 0 aliphatic carbocycles. The quantitative estimate of drug-likeness (QED) is 0.873. The fourth-order valence-electron chi connectivity index (χ4n) is 2.00. The first-order valence-electron chi connectivity index (χ1n) is 6.11. The van der Waals surface area contributed by atoms with Crippen LogP contribution >= 0.6 is 11.6 Å². The molecule has 100 valence electrons. The Morgan fingerprint density at radius 3 is 2.74 bits per heavy atom. The van der Waals surface area contributed by atoms with Crippen LogP contribution in [0.4, 0.5) is 11.5 Å². The maximum absolute atomic E-state index is 9.45. The van der Waals surface area contributed by atoms with Gasteiger partial charge < -0.3 is 10.0 Å². The van der Waals surface area contributed by atoms with Crippen molar-refractivity contribution in [3.63, 3.8) is 0 Å². The minimum Gasteiger partial charge on any atom is -0.391 e. The lowest BCUT2D eigenvalue weighted by atomic mass is 10.2. The van der Waals surface area contributed by atoms with Crippen LogP contribution in [0.2, 0.25) is 5.15 Å². The van der Waals surface area contributed by atoms with Crippen molar-refractivity contribution in [2.75, 3.05) is 11.4 Å². The molecule has 0 spiro atoms. The second kappa shape index (κ2) is 5.99. The topological polar surface area (TPSA) is 49.2 Å². The summed E-state index contributed by atoms with van der Waals surface area (Å²) in [6.45, 7) is 4.61. The van der Waals surface area contributed by atoms with Gasteiger partial charge in [0.15, 0.2) is 0 Å². The number of anilines is 2. The SMILES string of the molecule is CCN(c1cccc(C)c1)c1ncnc(Cl)c1CO. The third kappa shape index (κ3) is 2.85. The van der Waals surface area contributed by atoms with Gasteiger partial charge >= 0.3 is 0 Å². The first-order valence-corrected chi connectivity index (χ1v) is 6.49. The van der Waals surface area contributed by atoms with Crippen LogP contribution in [0.25, 0.3) is 0 Å². The van der Waals surface area contributed by atoms with Gasteiger partial charge in [0, 0.05) is 12.2 Å². The number of rotatable bonds is 4. The van der Waals surface area contributed by atoms with Crippen molar-refractivity contribution in [3.8, 4) is 0 Å². The summed E-state index contributed by atoms with van der Waals surface area (Å²) in [5.74, 6) is 0.649. The number of halogens is 1. The van der Waals surface area contributed by atoms with Crippen LogP contribution in [-0.4, -0.2) is 21.6 Å². The number of hydrogen-bond donors (Lipinski definition) is 1. The summed E-state index contributed by atoms with van der Waals surface area (Å²) in [6, 6.07) is 8.11. The Kier molecular flexibility index (Phi) is 4.35. The highest BCUT2D eigenvalue weighted by Gasteiger charge is 2.16. The van der Waals surface area contributed by atoms with Crippen molar-refractivity contribution in [2.45, 2.75) is 20.5 Å². The Morgan fingerprint density at radius 1 is 1.32 bits per heavy atom. The van der Waals surface area contributed by atoms with Gasteiger partial charge in [-0.1, -0.05) is 23.7 Å². The lowest BCUT2D eigenvalue weighted by Crippen LogP contribution is -2.19. The van der Waals surface area contributed by atoms with Crippen LogP contribution in [0, 0.1) is 6.92 Å². The minimum atomic E-state index is -0.183. The molecule has 0 bridgehead atoms. The number of hydrogen-bond acceptors (Lipinski definition) is 4. The van der Waals surface area contributed by atoms with Gasteiger partial charge in [-0.25, -0.2) is 9.97 Å². The van der Waals surface area contributed by atoms with Crippen LogP contribution in [0.3, 0.4) is 0 Å². The average Bonchev–Trinajstić information content (AvgIpc) is 2.40. The molecule has 19 heavy (non-hydrogen) atoms. The molecule has 0 atom stereocenters. The second-order valence-electron chi connectivity index (χ2n) is 4.21. The number of aromatic nitrogens is 2. The molecule has 5 heteroatoms. The Labute approximate surface area is 117 Å². The van der Waals surface area contributed by atoms with Crippen molar-refractivity contribution < 1.29 is 5.11 Å². The molecule has 4 nitrogen and oxygen atoms in total. The molecule has 0 aliphatic heterocycles. The summed E-state index contributed by atoms with van der Waals surface area (Å²) in [4.78, 5) is 10.2. The standard InChI is InChI=1S/C14H16ClN3O/c1-3-18(11-6-4-5-10(2)7-11)14-12(8-19)13(15)16-9-17-14/h4-7,9,19H,3,8H2,1-2H3. The van der Waals surface area contributed by atoms with Crippen molar-refractivity contribution in [1.29, 1.82) is 0 Å². The average molecular weight is 278 g/mol. The van der Waals surface area contributed by atoms with E-state index < -0.39 is 0 Å². The van der Waals surface area contributed by atoms with Gasteiger partial charge in [-0.15, -0.1) is 0 Å². The molecular formula is C14H16ClN3O. The molecule has 0 fully saturated rings. The monoisotopic (exact) mass is 277 g/mol. The predicted molar refractivity (Wildman–Crippen MR) is 76.8 cm³/mol. The van der Waals surface area contributed by atoms with Gasteiger partial charge in [0.05, 0.1) is 12.2 Å². The largest absolute Gasteiger partial charge is 0.391 e. The lowest BCUT2D eigenvalue weighted by molar-refractivity contribution is 0.281. The number of nitrogens with zero attached hydrogens (tertiary/aromatic N) is 3. The van der Waals surface area contributed by atoms with E-state index in [9.17, 15) is 5.11 Å². The third-order valence-electron chi connectivity index (χ3n) is 2.91. The van der Waals surface area contributed by atoms with Gasteiger partial charge in [-0.05, 0) is 31.5 Å². The maximum atomic E-state index is 9.45. The van der Waals surface area contributed by atoms with Crippen molar-refractivity contribution in [3.05, 3.63) is 46.9 Å². The molecule has 0 amide bonds. The van der Waals surface area contributed by atoms with Gasteiger partial charge in [-0.2, -0.15) is 0 Å². The summed E-state index contributed by atoms with van der Waals surface area (Å²) >= 11 is 6.01. The summed E-state index contributed by atoms with van der Waals surface area (Å²) in [5.41, 5.74) is 2.74. The Balaban J connectivity index is 2.51. The van der Waals surface area contributed by atoms with E-state index in [2.05, 4.69) is 16.0 Å². The molecular weight excluding hydrogens is 262 g/mol. The third-order valence-corrected chi connectivity index (χ3v) is 3.24. The zero-order chi connectivity index (χ0) is 13.8. The molecule has 0 unspecified atom stereocenters. The zero-order valence-corrected chi connectivity index (χ0v) is 11.7. The maximum Gasteiger partial charge on any atom is 0.143 e. The van der Waals surface area contributed by atoms with E-state index in [0.717, 1.165) is 12.2 Å². The fraction of sp³-hybridized carbons (Fsp3) is 0.286. The summed E-state index contributed by atoms with van der Waals surface area (Å²) in [7, 11) is 0. The van der Waals surface area contributed by atoms with Crippen LogP contribution in [0.1, 0.15) is 18.1 Å². The molecule has 0 radical (unpaired) electrons. The minimum absolute atomic E-state index is 0.183. The molecule has 1 N–H and O–H groups in total. The van der Waals surface area contributed by atoms with E-state index in [1.165, 1.54) is 11.9 Å². The Hall–Kier alpha value is -1.65. The van der Waals surface area contributed by atoms with Gasteiger partial charge in [0.25, 0.3) is 0 Å². The van der Waals surface area contributed by atoms with Crippen LogP contribution < -0.4 is 4.90 Å². The van der Waals surface area contributed by atoms with E-state index in [1.807, 2.05) is 36.9 Å². The first-order chi connectivity index (χ1) is 9.17. The van der Waals surface area contributed by atoms with Crippen molar-refractivity contribution >= 4 is 23.1 Å². The first kappa shape index (κ1) is 13.8. The van der Waals surface area contributed by atoms with E-state index in [4.69, 9.17) is 11.6 Å². The number of aryl methyl sites for hydroxylation is 1. The summed E-state index contributed by atoms with van der Waals surface area (Å²) in [5, 5.41) is 9.74. The van der Waals surface area contributed by atoms with Gasteiger partial charge in [-0.3, -0.25) is 0 Å². The highest BCUT2D eigenvalue weighted by Crippen LogP contribution is 2.29. The number of aliphatic hydroxyl groups is 1. The van der Waals surface area contributed by atoms with Crippen molar-refractivity contribution in [1.82, 2.24) is 9.97 Å². The molecule has 0 aliphatic rings. The second-order valence-corrected chi connectivity index (χ2v) is 4.57. The molecule has 0 saturated heterocycles. The zero-order valence-electron chi connectivity index (χ0n) is 11.0. The number of benzene rings is 1. The van der Waals surface area contributed by atoms with Gasteiger partial charge in [0.2, 0.25) is 0 Å². The van der Waals surface area contributed by atoms with Crippen LogP contribution in [-0.2, 0) is 6.61 Å². The van der Waals surface area contributed by atoms with Crippen LogP contribution in [0.15, 0.2) is 30.6 Å². The van der Waals surface area contributed by atoms with E-state index in [1.54, 1.807) is 0 Å². The summed E-state index contributed by atoms with van der Waals surface area (Å²) < 4.78 is 0. The molecule has 1 heterocycles. The van der Waals surface area contributed by atoms with E-state index in [-0.39, 0.29) is 6.61 Å². The molecule has 1 aromatic heterocycles. The normalized spacial score (nSPS) is 10.5. The Morgan fingerprint density at radius 2 is 2.11 bits per heavy atom. The van der Waals surface area contributed by atoms with Crippen LogP contribution in [0.5, 0.6) is 0 Å². The Bertz CT molecular complexity index is 574. The molecule has 2 rings (SSSR count). The van der Waals surface area contributed by atoms with E-state index in [0.29, 0.717) is 16.5 Å². The summed E-state index contributed by atoms with van der Waals surface area (Å²) in [6.07, 6.45) is 1.41. The molecule has 2 aromatic rings. The fourth-order valence-corrected chi connectivity index (χ4v) is 2.19. The molecule has 1 aromatic carbocycles.